The van der Waals surface area contributed by atoms with Crippen LogP contribution in [0.5, 0.6) is 11.5 Å². The van der Waals surface area contributed by atoms with Crippen molar-refractivity contribution in [3.05, 3.63) is 54.5 Å². The summed E-state index contributed by atoms with van der Waals surface area (Å²) < 4.78 is 26.0. The van der Waals surface area contributed by atoms with Crippen LogP contribution in [0.4, 0.5) is 10.1 Å². The van der Waals surface area contributed by atoms with E-state index in [0.717, 1.165) is 37.7 Å². The van der Waals surface area contributed by atoms with Gasteiger partial charge in [-0.1, -0.05) is 0 Å². The van der Waals surface area contributed by atoms with Crippen molar-refractivity contribution >= 4 is 5.69 Å². The van der Waals surface area contributed by atoms with Crippen molar-refractivity contribution in [2.75, 3.05) is 38.3 Å². The molecule has 0 bridgehead atoms. The molecule has 140 valence electrons. The summed E-state index contributed by atoms with van der Waals surface area (Å²) in [4.78, 5) is 2.29. The van der Waals surface area contributed by atoms with E-state index in [4.69, 9.17) is 9.47 Å². The predicted octanol–water partition coefficient (Wildman–Crippen LogP) is 3.23. The normalized spacial score (nSPS) is 14.4. The Hall–Kier alpha value is -3.06. The van der Waals surface area contributed by atoms with Crippen molar-refractivity contribution in [2.24, 2.45) is 0 Å². The molecule has 1 N–H and O–H groups in total. The van der Waals surface area contributed by atoms with Gasteiger partial charge in [0.05, 0.1) is 31.7 Å². The predicted molar refractivity (Wildman–Crippen MR) is 100 cm³/mol. The van der Waals surface area contributed by atoms with Crippen molar-refractivity contribution in [2.45, 2.75) is 0 Å². The van der Waals surface area contributed by atoms with Gasteiger partial charge in [0.2, 0.25) is 0 Å². The molecule has 0 unspecified atom stereocenters. The summed E-state index contributed by atoms with van der Waals surface area (Å²) in [5.41, 5.74) is 3.18. The average molecular weight is 369 g/mol. The molecule has 2 heterocycles. The van der Waals surface area contributed by atoms with E-state index in [1.807, 2.05) is 18.3 Å². The van der Waals surface area contributed by atoms with Gasteiger partial charge in [-0.2, -0.15) is 5.10 Å². The Morgan fingerprint density at radius 3 is 2.48 bits per heavy atom. The summed E-state index contributed by atoms with van der Waals surface area (Å²) in [5.74, 6) is -1.16. The number of halogens is 1. The molecule has 1 aromatic heterocycles. The molecule has 0 radical (unpaired) electrons. The molecule has 1 saturated heterocycles. The maximum absolute atomic E-state index is 13.9. The molecule has 6 nitrogen and oxygen atoms in total. The van der Waals surface area contributed by atoms with E-state index in [9.17, 15) is 9.50 Å². The third kappa shape index (κ3) is 3.46. The van der Waals surface area contributed by atoms with Crippen LogP contribution in [0, 0.1) is 5.82 Å². The Morgan fingerprint density at radius 2 is 1.78 bits per heavy atom. The first-order chi connectivity index (χ1) is 13.2. The number of methoxy groups -OCH3 is 1. The summed E-state index contributed by atoms with van der Waals surface area (Å²) in [6, 6.07) is 12.7. The summed E-state index contributed by atoms with van der Waals surface area (Å²) in [6.45, 7) is 3.27. The van der Waals surface area contributed by atoms with Gasteiger partial charge in [-0.25, -0.2) is 9.07 Å². The molecule has 1 aliphatic rings. The van der Waals surface area contributed by atoms with Crippen LogP contribution < -0.4 is 9.64 Å². The van der Waals surface area contributed by atoms with Gasteiger partial charge in [0.15, 0.2) is 17.3 Å². The molecule has 4 rings (SSSR count). The van der Waals surface area contributed by atoms with E-state index >= 15 is 0 Å². The van der Waals surface area contributed by atoms with Crippen molar-refractivity contribution in [3.8, 4) is 28.4 Å². The van der Waals surface area contributed by atoms with Crippen LogP contribution >= 0.6 is 0 Å². The molecule has 2 aromatic carbocycles. The maximum Gasteiger partial charge on any atom is 0.194 e. The number of anilines is 1. The van der Waals surface area contributed by atoms with Crippen LogP contribution in [-0.2, 0) is 4.74 Å². The Morgan fingerprint density at radius 1 is 1.07 bits per heavy atom. The Balaban J connectivity index is 1.58. The number of nitrogens with zero attached hydrogens (tertiary/aromatic N) is 3. The van der Waals surface area contributed by atoms with Crippen molar-refractivity contribution in [1.29, 1.82) is 0 Å². The molecular formula is C20H20FN3O3. The largest absolute Gasteiger partial charge is 0.502 e. The first-order valence-electron chi connectivity index (χ1n) is 8.71. The molecule has 0 atom stereocenters. The topological polar surface area (TPSA) is 59.8 Å². The van der Waals surface area contributed by atoms with Crippen LogP contribution in [0.3, 0.4) is 0 Å². The summed E-state index contributed by atoms with van der Waals surface area (Å²) in [7, 11) is 1.38. The number of ether oxygens (including phenoxy) is 2. The minimum atomic E-state index is -0.742. The molecule has 27 heavy (non-hydrogen) atoms. The number of hydrogen-bond donors (Lipinski definition) is 1. The molecule has 0 saturated carbocycles. The van der Waals surface area contributed by atoms with Crippen LogP contribution in [0.2, 0.25) is 0 Å². The first-order valence-corrected chi connectivity index (χ1v) is 8.71. The van der Waals surface area contributed by atoms with Crippen molar-refractivity contribution < 1.29 is 19.0 Å². The van der Waals surface area contributed by atoms with E-state index in [-0.39, 0.29) is 5.75 Å². The van der Waals surface area contributed by atoms with E-state index in [1.54, 1.807) is 16.8 Å². The quantitative estimate of drug-likeness (QED) is 0.765. The minimum absolute atomic E-state index is 0.0782. The van der Waals surface area contributed by atoms with Gasteiger partial charge in [-0.15, -0.1) is 0 Å². The molecule has 0 amide bonds. The van der Waals surface area contributed by atoms with Gasteiger partial charge < -0.3 is 19.5 Å². The molecule has 1 fully saturated rings. The van der Waals surface area contributed by atoms with Crippen molar-refractivity contribution in [3.63, 3.8) is 0 Å². The summed E-state index contributed by atoms with van der Waals surface area (Å²) in [5, 5.41) is 14.2. The van der Waals surface area contributed by atoms with E-state index in [0.29, 0.717) is 11.3 Å². The molecular weight excluding hydrogens is 349 g/mol. The molecule has 3 aromatic rings. The lowest BCUT2D eigenvalue weighted by atomic mass is 10.1. The Bertz CT molecular complexity index is 934. The lowest BCUT2D eigenvalue weighted by Crippen LogP contribution is -2.36. The van der Waals surface area contributed by atoms with Gasteiger partial charge in [-0.05, 0) is 42.5 Å². The van der Waals surface area contributed by atoms with Gasteiger partial charge >= 0.3 is 0 Å². The second kappa shape index (κ2) is 7.28. The SMILES string of the molecule is COc1cc(-c2ccn(-c3ccc(N4CCOCC4)cc3)n2)cc(F)c1O. The highest BCUT2D eigenvalue weighted by Crippen LogP contribution is 2.34. The number of aromatic nitrogens is 2. The summed E-state index contributed by atoms with van der Waals surface area (Å²) in [6.07, 6.45) is 1.82. The second-order valence-corrected chi connectivity index (χ2v) is 6.27. The zero-order valence-corrected chi connectivity index (χ0v) is 14.9. The zero-order valence-electron chi connectivity index (χ0n) is 14.9. The van der Waals surface area contributed by atoms with Crippen molar-refractivity contribution in [1.82, 2.24) is 9.78 Å². The third-order valence-electron chi connectivity index (χ3n) is 4.62. The van der Waals surface area contributed by atoms with Gasteiger partial charge in [0, 0.05) is 30.5 Å². The van der Waals surface area contributed by atoms with E-state index in [2.05, 4.69) is 22.1 Å². The number of phenols is 1. The molecule has 0 aliphatic carbocycles. The van der Waals surface area contributed by atoms with E-state index in [1.165, 1.54) is 13.2 Å². The number of hydrogen-bond acceptors (Lipinski definition) is 5. The number of rotatable bonds is 4. The fourth-order valence-electron chi connectivity index (χ4n) is 3.14. The number of benzene rings is 2. The second-order valence-electron chi connectivity index (χ2n) is 6.27. The number of phenolic OH excluding ortho intramolecular Hbond substituents is 1. The maximum atomic E-state index is 13.9. The fourth-order valence-corrected chi connectivity index (χ4v) is 3.14. The fraction of sp³-hybridized carbons (Fsp3) is 0.250. The zero-order chi connectivity index (χ0) is 18.8. The lowest BCUT2D eigenvalue weighted by molar-refractivity contribution is 0.122. The average Bonchev–Trinajstić information content (AvgIpc) is 3.21. The molecule has 7 heteroatoms. The Kier molecular flexibility index (Phi) is 4.68. The van der Waals surface area contributed by atoms with Crippen LogP contribution in [0.15, 0.2) is 48.7 Å². The third-order valence-corrected chi connectivity index (χ3v) is 4.62. The smallest absolute Gasteiger partial charge is 0.194 e. The van der Waals surface area contributed by atoms with Crippen LogP contribution in [-0.4, -0.2) is 48.3 Å². The van der Waals surface area contributed by atoms with Gasteiger partial charge in [-0.3, -0.25) is 0 Å². The molecule has 0 spiro atoms. The number of morpholine rings is 1. The van der Waals surface area contributed by atoms with Crippen LogP contribution in [0.25, 0.3) is 16.9 Å². The highest BCUT2D eigenvalue weighted by atomic mass is 19.1. The van der Waals surface area contributed by atoms with E-state index < -0.39 is 11.6 Å². The Labute approximate surface area is 156 Å². The minimum Gasteiger partial charge on any atom is -0.502 e. The standard InChI is InChI=1S/C20H20FN3O3/c1-26-19-13-14(12-17(21)20(19)25)18-6-7-24(22-18)16-4-2-15(3-5-16)23-8-10-27-11-9-23/h2-7,12-13,25H,8-11H2,1H3. The lowest BCUT2D eigenvalue weighted by Gasteiger charge is -2.28. The number of aromatic hydroxyl groups is 1. The van der Waals surface area contributed by atoms with Gasteiger partial charge in [0.25, 0.3) is 0 Å². The highest BCUT2D eigenvalue weighted by molar-refractivity contribution is 5.64. The van der Waals surface area contributed by atoms with Crippen LogP contribution in [0.1, 0.15) is 0 Å². The molecule has 1 aliphatic heterocycles. The highest BCUT2D eigenvalue weighted by Gasteiger charge is 2.14. The van der Waals surface area contributed by atoms with Gasteiger partial charge in [0.1, 0.15) is 0 Å². The monoisotopic (exact) mass is 369 g/mol. The summed E-state index contributed by atoms with van der Waals surface area (Å²) >= 11 is 0. The first kappa shape index (κ1) is 17.4.